The van der Waals surface area contributed by atoms with Gasteiger partial charge in [-0.15, -0.1) is 5.10 Å². The first-order chi connectivity index (χ1) is 8.63. The van der Waals surface area contributed by atoms with Gasteiger partial charge in [0.05, 0.1) is 6.61 Å². The molecule has 0 aromatic carbocycles. The van der Waals surface area contributed by atoms with Crippen molar-refractivity contribution in [3.8, 4) is 0 Å². The number of likely N-dealkylation sites (tertiary alicyclic amines) is 1. The molecule has 0 atom stereocenters. The number of nitrogens with two attached hydrogens (primary N) is 1. The van der Waals surface area contributed by atoms with Crippen molar-refractivity contribution in [2.45, 2.75) is 25.8 Å². The number of aromatic amines is 1. The number of H-pyrrole nitrogens is 1. The first-order valence-corrected chi connectivity index (χ1v) is 6.38. The molecule has 0 bridgehead atoms. The monoisotopic (exact) mass is 271 g/mol. The number of carbonyl (C=O) groups excluding carboxylic acids is 1. The molecule has 0 saturated carbocycles. The zero-order chi connectivity index (χ0) is 13.1. The summed E-state index contributed by atoms with van der Waals surface area (Å²) in [4.78, 5) is 13.3. The molecular formula is C10H17N5O2S. The fraction of sp³-hybridized carbons (Fsp3) is 0.700. The Morgan fingerprint density at radius 2 is 2.28 bits per heavy atom. The average molecular weight is 271 g/mol. The fourth-order valence-corrected chi connectivity index (χ4v) is 2.48. The van der Waals surface area contributed by atoms with Crippen LogP contribution in [0.4, 0.5) is 10.7 Å². The van der Waals surface area contributed by atoms with E-state index in [1.54, 1.807) is 11.8 Å². The van der Waals surface area contributed by atoms with Crippen LogP contribution in [0.15, 0.2) is 0 Å². The Bertz CT molecular complexity index is 475. The predicted molar refractivity (Wildman–Crippen MR) is 68.7 cm³/mol. The van der Waals surface area contributed by atoms with E-state index in [2.05, 4.69) is 10.2 Å². The van der Waals surface area contributed by atoms with Crippen molar-refractivity contribution in [3.05, 3.63) is 4.77 Å². The lowest BCUT2D eigenvalue weighted by Crippen LogP contribution is -2.39. The van der Waals surface area contributed by atoms with Crippen LogP contribution in [0, 0.1) is 4.77 Å². The Labute approximate surface area is 110 Å². The van der Waals surface area contributed by atoms with Crippen LogP contribution in [0.25, 0.3) is 0 Å². The molecule has 8 heteroatoms. The molecule has 100 valence electrons. The Morgan fingerprint density at radius 3 is 2.78 bits per heavy atom. The number of hydrogen-bond donors (Lipinski definition) is 2. The molecule has 1 amide bonds. The van der Waals surface area contributed by atoms with Crippen molar-refractivity contribution >= 4 is 24.3 Å². The molecule has 2 heterocycles. The molecule has 1 aliphatic heterocycles. The smallest absolute Gasteiger partial charge is 0.409 e. The van der Waals surface area contributed by atoms with E-state index in [0.29, 0.717) is 30.4 Å². The molecule has 0 spiro atoms. The number of nitrogens with zero attached hydrogens (tertiary/aromatic N) is 3. The van der Waals surface area contributed by atoms with E-state index in [9.17, 15) is 4.79 Å². The van der Waals surface area contributed by atoms with Gasteiger partial charge in [0.1, 0.15) is 0 Å². The van der Waals surface area contributed by atoms with Gasteiger partial charge in [-0.05, 0) is 32.0 Å². The summed E-state index contributed by atoms with van der Waals surface area (Å²) in [6.45, 7) is 3.50. The molecule has 7 nitrogen and oxygen atoms in total. The van der Waals surface area contributed by atoms with Crippen LogP contribution in [0.2, 0.25) is 0 Å². The van der Waals surface area contributed by atoms with Crippen molar-refractivity contribution in [2.75, 3.05) is 25.4 Å². The van der Waals surface area contributed by atoms with Crippen molar-refractivity contribution in [1.29, 1.82) is 0 Å². The normalized spacial score (nSPS) is 16.8. The quantitative estimate of drug-likeness (QED) is 0.792. The van der Waals surface area contributed by atoms with E-state index in [-0.39, 0.29) is 12.1 Å². The summed E-state index contributed by atoms with van der Waals surface area (Å²) in [5.41, 5.74) is 5.76. The molecular weight excluding hydrogens is 254 g/mol. The number of anilines is 1. The summed E-state index contributed by atoms with van der Waals surface area (Å²) in [7, 11) is 0. The lowest BCUT2D eigenvalue weighted by atomic mass is 10.1. The van der Waals surface area contributed by atoms with Crippen molar-refractivity contribution in [1.82, 2.24) is 19.7 Å². The first-order valence-electron chi connectivity index (χ1n) is 5.97. The van der Waals surface area contributed by atoms with E-state index in [4.69, 9.17) is 22.7 Å². The molecule has 1 aromatic heterocycles. The summed E-state index contributed by atoms with van der Waals surface area (Å²) < 4.78 is 7.32. The first kappa shape index (κ1) is 12.9. The van der Waals surface area contributed by atoms with E-state index in [1.165, 1.54) is 0 Å². The van der Waals surface area contributed by atoms with E-state index in [1.807, 2.05) is 4.57 Å². The van der Waals surface area contributed by atoms with Crippen LogP contribution in [0.3, 0.4) is 0 Å². The lowest BCUT2D eigenvalue weighted by molar-refractivity contribution is 0.0927. The summed E-state index contributed by atoms with van der Waals surface area (Å²) in [5, 5.41) is 6.57. The minimum Gasteiger partial charge on any atom is -0.450 e. The van der Waals surface area contributed by atoms with E-state index < -0.39 is 0 Å². The molecule has 1 aliphatic rings. The maximum atomic E-state index is 11.6. The maximum Gasteiger partial charge on any atom is 0.409 e. The standard InChI is InChI=1S/C10H17N5O2S/c1-2-17-10(16)14-5-3-7(4-6-14)15-8(11)12-13-9(15)18/h7H,2-6H2,1H3,(H2,11,12)(H,13,18). The van der Waals surface area contributed by atoms with Crippen LogP contribution in [-0.4, -0.2) is 45.5 Å². The van der Waals surface area contributed by atoms with Gasteiger partial charge in [0.15, 0.2) is 4.77 Å². The Morgan fingerprint density at radius 1 is 1.61 bits per heavy atom. The van der Waals surface area contributed by atoms with Gasteiger partial charge in [-0.3, -0.25) is 4.57 Å². The Balaban J connectivity index is 1.99. The number of nitrogen functional groups attached to an aromatic ring is 1. The highest BCUT2D eigenvalue weighted by molar-refractivity contribution is 7.71. The van der Waals surface area contributed by atoms with Gasteiger partial charge in [0, 0.05) is 19.1 Å². The van der Waals surface area contributed by atoms with Gasteiger partial charge in [-0.1, -0.05) is 0 Å². The highest BCUT2D eigenvalue weighted by atomic mass is 32.1. The summed E-state index contributed by atoms with van der Waals surface area (Å²) in [5.74, 6) is 0.398. The zero-order valence-corrected chi connectivity index (χ0v) is 11.1. The van der Waals surface area contributed by atoms with Crippen LogP contribution in [0.1, 0.15) is 25.8 Å². The lowest BCUT2D eigenvalue weighted by Gasteiger charge is -2.31. The van der Waals surface area contributed by atoms with Gasteiger partial charge in [0.2, 0.25) is 5.95 Å². The maximum absolute atomic E-state index is 11.6. The molecule has 0 aliphatic carbocycles. The predicted octanol–water partition coefficient (Wildman–Crippen LogP) is 1.32. The minimum absolute atomic E-state index is 0.196. The molecule has 0 radical (unpaired) electrons. The fourth-order valence-electron chi connectivity index (χ4n) is 2.19. The number of aromatic nitrogens is 3. The largest absolute Gasteiger partial charge is 0.450 e. The van der Waals surface area contributed by atoms with Gasteiger partial charge in [-0.25, -0.2) is 9.89 Å². The average Bonchev–Trinajstić information content (AvgIpc) is 2.70. The number of hydrogen-bond acceptors (Lipinski definition) is 5. The van der Waals surface area contributed by atoms with E-state index in [0.717, 1.165) is 12.8 Å². The van der Waals surface area contributed by atoms with Crippen LogP contribution >= 0.6 is 12.2 Å². The summed E-state index contributed by atoms with van der Waals surface area (Å²) in [6.07, 6.45) is 1.35. The number of ether oxygens (including phenoxy) is 1. The molecule has 1 fully saturated rings. The Hall–Kier alpha value is -1.57. The second kappa shape index (κ2) is 5.38. The van der Waals surface area contributed by atoms with Crippen LogP contribution in [0.5, 0.6) is 0 Å². The third-order valence-corrected chi connectivity index (χ3v) is 3.38. The third-order valence-electron chi connectivity index (χ3n) is 3.09. The molecule has 0 unspecified atom stereocenters. The molecule has 3 N–H and O–H groups in total. The highest BCUT2D eigenvalue weighted by Gasteiger charge is 2.26. The number of rotatable bonds is 2. The number of piperidine rings is 1. The third kappa shape index (κ3) is 2.47. The van der Waals surface area contributed by atoms with Crippen molar-refractivity contribution in [2.24, 2.45) is 0 Å². The van der Waals surface area contributed by atoms with Gasteiger partial charge in [-0.2, -0.15) is 0 Å². The SMILES string of the molecule is CCOC(=O)N1CCC(n2c(N)n[nH]c2=S)CC1. The van der Waals surface area contributed by atoms with Gasteiger partial charge >= 0.3 is 6.09 Å². The summed E-state index contributed by atoms with van der Waals surface area (Å²) in [6, 6.07) is 0.196. The van der Waals surface area contributed by atoms with Gasteiger partial charge in [0.25, 0.3) is 0 Å². The van der Waals surface area contributed by atoms with Gasteiger partial charge < -0.3 is 15.4 Å². The zero-order valence-electron chi connectivity index (χ0n) is 10.3. The summed E-state index contributed by atoms with van der Waals surface area (Å²) >= 11 is 5.14. The second-order valence-corrected chi connectivity index (χ2v) is 4.56. The number of amides is 1. The van der Waals surface area contributed by atoms with Crippen LogP contribution in [-0.2, 0) is 4.74 Å². The van der Waals surface area contributed by atoms with Crippen LogP contribution < -0.4 is 5.73 Å². The molecule has 1 saturated heterocycles. The number of carbonyl (C=O) groups is 1. The van der Waals surface area contributed by atoms with Crippen molar-refractivity contribution < 1.29 is 9.53 Å². The minimum atomic E-state index is -0.250. The topological polar surface area (TPSA) is 89.2 Å². The highest BCUT2D eigenvalue weighted by Crippen LogP contribution is 2.24. The van der Waals surface area contributed by atoms with E-state index >= 15 is 0 Å². The second-order valence-electron chi connectivity index (χ2n) is 4.17. The molecule has 2 rings (SSSR count). The number of nitrogens with one attached hydrogen (secondary N) is 1. The molecule has 1 aromatic rings. The molecule has 18 heavy (non-hydrogen) atoms. The Kier molecular flexibility index (Phi) is 3.85. The van der Waals surface area contributed by atoms with Crippen molar-refractivity contribution in [3.63, 3.8) is 0 Å².